The lowest BCUT2D eigenvalue weighted by Gasteiger charge is -2.08. The molecule has 0 aliphatic heterocycles. The van der Waals surface area contributed by atoms with Gasteiger partial charge in [-0.15, -0.1) is 0 Å². The zero-order valence-electron chi connectivity index (χ0n) is 7.50. The van der Waals surface area contributed by atoms with Crippen LogP contribution in [-0.4, -0.2) is 24.2 Å². The first-order valence-corrected chi connectivity index (χ1v) is 3.31. The number of carbonyl (C=O) groups is 1. The van der Waals surface area contributed by atoms with E-state index in [2.05, 4.69) is 18.5 Å². The molecule has 2 N–H and O–H groups in total. The van der Waals surface area contributed by atoms with Crippen molar-refractivity contribution < 1.29 is 4.79 Å². The van der Waals surface area contributed by atoms with Crippen LogP contribution in [0.3, 0.4) is 0 Å². The second-order valence-electron chi connectivity index (χ2n) is 1.87. The maximum atomic E-state index is 9.22. The Morgan fingerprint density at radius 1 is 1.58 bits per heavy atom. The second kappa shape index (κ2) is 9.42. The fourth-order valence-electron chi connectivity index (χ4n) is 0.185. The molecule has 0 aromatic rings. The van der Waals surface area contributed by atoms with Gasteiger partial charge in [0.1, 0.15) is 0 Å². The predicted octanol–water partition coefficient (Wildman–Crippen LogP) is 0.935. The average Bonchev–Trinajstić information content (AvgIpc) is 2.05. The Morgan fingerprint density at radius 2 is 2.08 bits per heavy atom. The summed E-state index contributed by atoms with van der Waals surface area (Å²) < 4.78 is 0. The van der Waals surface area contributed by atoms with E-state index in [0.29, 0.717) is 12.2 Å². The highest BCUT2D eigenvalue weighted by atomic mass is 16.1. The fourth-order valence-corrected chi connectivity index (χ4v) is 0.185. The van der Waals surface area contributed by atoms with Crippen molar-refractivity contribution in [2.45, 2.75) is 6.92 Å². The standard InChI is InChI=1S/C5H10N2.C3H5NO/c1-4-7(3)5(2)6;1-2-4-3-5/h4,6H,1H2,2-3H3;2-3H,1H2,(H,4,5). The average molecular weight is 169 g/mol. The van der Waals surface area contributed by atoms with Crippen molar-refractivity contribution >= 4 is 12.2 Å². The Balaban J connectivity index is 0. The lowest BCUT2D eigenvalue weighted by Crippen LogP contribution is -2.14. The molecule has 0 fully saturated rings. The van der Waals surface area contributed by atoms with Crippen LogP contribution in [0.4, 0.5) is 0 Å². The third-order valence-corrected chi connectivity index (χ3v) is 0.989. The molecule has 0 atom stereocenters. The van der Waals surface area contributed by atoms with Crippen LogP contribution >= 0.6 is 0 Å². The van der Waals surface area contributed by atoms with Crippen LogP contribution in [-0.2, 0) is 4.79 Å². The van der Waals surface area contributed by atoms with E-state index in [1.165, 1.54) is 6.20 Å². The largest absolute Gasteiger partial charge is 0.341 e. The van der Waals surface area contributed by atoms with Crippen LogP contribution in [0.15, 0.2) is 25.6 Å². The van der Waals surface area contributed by atoms with Gasteiger partial charge in [-0.1, -0.05) is 13.2 Å². The summed E-state index contributed by atoms with van der Waals surface area (Å²) in [5.41, 5.74) is 0. The highest BCUT2D eigenvalue weighted by molar-refractivity contribution is 5.76. The van der Waals surface area contributed by atoms with Crippen molar-refractivity contribution in [2.75, 3.05) is 7.05 Å². The SMILES string of the molecule is C=CN(C)C(C)=N.C=CNC=O. The van der Waals surface area contributed by atoms with Gasteiger partial charge in [-0.25, -0.2) is 0 Å². The second-order valence-corrected chi connectivity index (χ2v) is 1.87. The Morgan fingerprint density at radius 3 is 2.08 bits per heavy atom. The van der Waals surface area contributed by atoms with E-state index < -0.39 is 0 Å². The minimum Gasteiger partial charge on any atom is -0.341 e. The summed E-state index contributed by atoms with van der Waals surface area (Å²) in [6.45, 7) is 8.38. The molecule has 0 bridgehead atoms. The molecular formula is C8H15N3O. The number of nitrogens with zero attached hydrogens (tertiary/aromatic N) is 1. The number of hydrogen-bond donors (Lipinski definition) is 2. The number of rotatable bonds is 3. The quantitative estimate of drug-likeness (QED) is 0.375. The first-order chi connectivity index (χ1) is 5.59. The van der Waals surface area contributed by atoms with Crippen LogP contribution in [0.25, 0.3) is 0 Å². The minimum absolute atomic E-state index is 0.509. The summed E-state index contributed by atoms with van der Waals surface area (Å²) in [6, 6.07) is 0. The van der Waals surface area contributed by atoms with Gasteiger partial charge < -0.3 is 10.2 Å². The van der Waals surface area contributed by atoms with Gasteiger partial charge in [0.25, 0.3) is 0 Å². The van der Waals surface area contributed by atoms with Gasteiger partial charge in [0.15, 0.2) is 0 Å². The van der Waals surface area contributed by atoms with Crippen molar-refractivity contribution in [3.05, 3.63) is 25.6 Å². The normalized spacial score (nSPS) is 6.83. The van der Waals surface area contributed by atoms with Crippen molar-refractivity contribution in [2.24, 2.45) is 0 Å². The van der Waals surface area contributed by atoms with E-state index in [4.69, 9.17) is 5.41 Å². The zero-order chi connectivity index (χ0) is 9.98. The van der Waals surface area contributed by atoms with Gasteiger partial charge in [0.05, 0.1) is 5.84 Å². The maximum Gasteiger partial charge on any atom is 0.211 e. The van der Waals surface area contributed by atoms with Crippen molar-refractivity contribution in [3.8, 4) is 0 Å². The Bertz CT molecular complexity index is 160. The molecule has 0 spiro atoms. The number of carbonyl (C=O) groups excluding carboxylic acids is 1. The molecule has 0 aromatic heterocycles. The maximum absolute atomic E-state index is 9.22. The molecule has 0 aliphatic carbocycles. The lowest BCUT2D eigenvalue weighted by atomic mass is 10.6. The number of amidine groups is 1. The van der Waals surface area contributed by atoms with Crippen molar-refractivity contribution in [1.82, 2.24) is 10.2 Å². The Kier molecular flexibility index (Phi) is 10.2. The van der Waals surface area contributed by atoms with E-state index in [-0.39, 0.29) is 0 Å². The van der Waals surface area contributed by atoms with Crippen LogP contribution in [0.1, 0.15) is 6.92 Å². The summed E-state index contributed by atoms with van der Waals surface area (Å²) in [7, 11) is 1.79. The van der Waals surface area contributed by atoms with E-state index >= 15 is 0 Å². The molecule has 12 heavy (non-hydrogen) atoms. The molecule has 0 saturated carbocycles. The molecule has 4 nitrogen and oxygen atoms in total. The third kappa shape index (κ3) is 11.2. The number of nitrogens with one attached hydrogen (secondary N) is 2. The summed E-state index contributed by atoms with van der Waals surface area (Å²) in [4.78, 5) is 10.9. The van der Waals surface area contributed by atoms with Crippen molar-refractivity contribution in [1.29, 1.82) is 5.41 Å². The summed E-state index contributed by atoms with van der Waals surface area (Å²) in [5, 5.41) is 9.15. The Hall–Kier alpha value is -1.58. The fraction of sp³-hybridized carbons (Fsp3) is 0.250. The van der Waals surface area contributed by atoms with Crippen LogP contribution in [0.5, 0.6) is 0 Å². The lowest BCUT2D eigenvalue weighted by molar-refractivity contribution is -0.108. The predicted molar refractivity (Wildman–Crippen MR) is 50.8 cm³/mol. The van der Waals surface area contributed by atoms with Crippen LogP contribution in [0, 0.1) is 5.41 Å². The highest BCUT2D eigenvalue weighted by Gasteiger charge is 1.85. The minimum atomic E-state index is 0.509. The van der Waals surface area contributed by atoms with Gasteiger partial charge in [-0.3, -0.25) is 10.2 Å². The van der Waals surface area contributed by atoms with Crippen LogP contribution < -0.4 is 5.32 Å². The molecule has 0 aliphatic rings. The first-order valence-electron chi connectivity index (χ1n) is 3.31. The molecule has 0 heterocycles. The molecule has 0 aromatic carbocycles. The van der Waals surface area contributed by atoms with Gasteiger partial charge in [0.2, 0.25) is 6.41 Å². The first kappa shape index (κ1) is 13.0. The van der Waals surface area contributed by atoms with Gasteiger partial charge in [-0.2, -0.15) is 0 Å². The number of amides is 1. The van der Waals surface area contributed by atoms with Gasteiger partial charge in [0, 0.05) is 7.05 Å². The number of hydrogen-bond acceptors (Lipinski definition) is 2. The molecule has 0 rings (SSSR count). The van der Waals surface area contributed by atoms with Crippen LogP contribution in [0.2, 0.25) is 0 Å². The van der Waals surface area contributed by atoms with Gasteiger partial charge in [-0.05, 0) is 19.3 Å². The zero-order valence-corrected chi connectivity index (χ0v) is 7.50. The molecule has 4 heteroatoms. The van der Waals surface area contributed by atoms with Crippen molar-refractivity contribution in [3.63, 3.8) is 0 Å². The summed E-state index contributed by atoms with van der Waals surface area (Å²) >= 11 is 0. The highest BCUT2D eigenvalue weighted by Crippen LogP contribution is 1.79. The smallest absolute Gasteiger partial charge is 0.211 e. The Labute approximate surface area is 73.1 Å². The van der Waals surface area contributed by atoms with E-state index in [1.807, 2.05) is 0 Å². The topological polar surface area (TPSA) is 56.2 Å². The summed E-state index contributed by atoms with van der Waals surface area (Å²) in [6.07, 6.45) is 3.47. The molecule has 68 valence electrons. The van der Waals surface area contributed by atoms with E-state index in [1.54, 1.807) is 25.1 Å². The van der Waals surface area contributed by atoms with E-state index in [0.717, 1.165) is 0 Å². The van der Waals surface area contributed by atoms with E-state index in [9.17, 15) is 4.79 Å². The summed E-state index contributed by atoms with van der Waals surface area (Å²) in [5.74, 6) is 0.509. The van der Waals surface area contributed by atoms with Gasteiger partial charge >= 0.3 is 0 Å². The molecular weight excluding hydrogens is 154 g/mol. The molecule has 1 amide bonds. The third-order valence-electron chi connectivity index (χ3n) is 0.989. The molecule has 0 unspecified atom stereocenters. The monoisotopic (exact) mass is 169 g/mol. The molecule has 0 radical (unpaired) electrons. The molecule has 0 saturated heterocycles.